The Morgan fingerprint density at radius 1 is 1.27 bits per heavy atom. The predicted molar refractivity (Wildman–Crippen MR) is 36.2 cm³/mol. The second-order valence-corrected chi connectivity index (χ2v) is 6.40. The fourth-order valence-electron chi connectivity index (χ4n) is 0.175. The molecule has 7 nitrogen and oxygen atoms in total. The molecule has 0 spiro atoms. The van der Waals surface area contributed by atoms with Gasteiger partial charge in [-0.15, -0.1) is 0 Å². The predicted octanol–water partition coefficient (Wildman–Crippen LogP) is -1.43. The standard InChI is InChI=1S/C2H8O7P2/c1-2(3,10(4,5)6)11(7,8)9/h3-6H,1H3,(H-,7,8,9)/p+1. The van der Waals surface area contributed by atoms with E-state index in [4.69, 9.17) is 29.6 Å². The molecule has 0 aliphatic rings. The molecular formula is C2H9O7P2+. The van der Waals surface area contributed by atoms with E-state index in [0.29, 0.717) is 6.92 Å². The van der Waals surface area contributed by atoms with E-state index in [0.717, 1.165) is 0 Å². The zero-order chi connectivity index (χ0) is 9.50. The van der Waals surface area contributed by atoms with Crippen LogP contribution in [0.1, 0.15) is 6.92 Å². The highest BCUT2D eigenvalue weighted by molar-refractivity contribution is 7.75. The summed E-state index contributed by atoms with van der Waals surface area (Å²) < 4.78 is 10.3. The van der Waals surface area contributed by atoms with Crippen LogP contribution in [0.25, 0.3) is 0 Å². The fraction of sp³-hybridized carbons (Fsp3) is 1.00. The van der Waals surface area contributed by atoms with E-state index >= 15 is 0 Å². The lowest BCUT2D eigenvalue weighted by Crippen LogP contribution is -2.27. The van der Waals surface area contributed by atoms with Gasteiger partial charge in [0.05, 0.1) is 0 Å². The number of hydrogen-bond donors (Lipinski definition) is 6. The van der Waals surface area contributed by atoms with Crippen LogP contribution in [-0.4, -0.2) is 34.7 Å². The van der Waals surface area contributed by atoms with Crippen molar-refractivity contribution >= 4 is 15.5 Å². The summed E-state index contributed by atoms with van der Waals surface area (Å²) in [5, 5.41) is 5.54. The average molecular weight is 207 g/mol. The van der Waals surface area contributed by atoms with Gasteiger partial charge in [-0.05, 0) is 0 Å². The van der Waals surface area contributed by atoms with Crippen LogP contribution in [0.2, 0.25) is 0 Å². The molecule has 0 heterocycles. The van der Waals surface area contributed by atoms with Crippen LogP contribution in [0, 0.1) is 0 Å². The van der Waals surface area contributed by atoms with Gasteiger partial charge in [0.1, 0.15) is 0 Å². The van der Waals surface area contributed by atoms with Crippen LogP contribution < -0.4 is 0 Å². The molecule has 0 aromatic heterocycles. The molecule has 0 radical (unpaired) electrons. The summed E-state index contributed by atoms with van der Waals surface area (Å²) in [6.45, 7) is 0.446. The lowest BCUT2D eigenvalue weighted by atomic mass is 10.9. The van der Waals surface area contributed by atoms with E-state index in [1.54, 1.807) is 0 Å². The molecule has 6 N–H and O–H groups in total. The van der Waals surface area contributed by atoms with E-state index in [2.05, 4.69) is 0 Å². The second kappa shape index (κ2) is 2.73. The topological polar surface area (TPSA) is 138 Å². The zero-order valence-corrected chi connectivity index (χ0v) is 7.27. The Bertz CT molecular complexity index is 185. The summed E-state index contributed by atoms with van der Waals surface area (Å²) in [6, 6.07) is 0. The molecule has 68 valence electrons. The van der Waals surface area contributed by atoms with Crippen molar-refractivity contribution in [1.82, 2.24) is 0 Å². The van der Waals surface area contributed by atoms with Crippen LogP contribution in [0.5, 0.6) is 0 Å². The second-order valence-electron chi connectivity index (χ2n) is 2.08. The summed E-state index contributed by atoms with van der Waals surface area (Å²) in [7, 11) is -10.1. The van der Waals surface area contributed by atoms with Crippen LogP contribution in [0.3, 0.4) is 0 Å². The van der Waals surface area contributed by atoms with Gasteiger partial charge >= 0.3 is 20.6 Å². The molecule has 0 bridgehead atoms. The third-order valence-electron chi connectivity index (χ3n) is 1.12. The molecule has 1 atom stereocenters. The van der Waals surface area contributed by atoms with Gasteiger partial charge in [-0.2, -0.15) is 14.7 Å². The summed E-state index contributed by atoms with van der Waals surface area (Å²) in [6.07, 6.45) is 0. The van der Waals surface area contributed by atoms with Crippen molar-refractivity contribution in [2.24, 2.45) is 0 Å². The van der Waals surface area contributed by atoms with Crippen molar-refractivity contribution in [3.8, 4) is 0 Å². The van der Waals surface area contributed by atoms with Gasteiger partial charge in [0.15, 0.2) is 0 Å². The number of aliphatic hydroxyl groups is 1. The smallest absolute Gasteiger partial charge is 0.341 e. The number of rotatable bonds is 2. The summed E-state index contributed by atoms with van der Waals surface area (Å²) >= 11 is 0. The Morgan fingerprint density at radius 3 is 1.55 bits per heavy atom. The lowest BCUT2D eigenvalue weighted by Gasteiger charge is -2.22. The summed E-state index contributed by atoms with van der Waals surface area (Å²) in [5.41, 5.74) is 0. The first-order valence-electron chi connectivity index (χ1n) is 2.35. The molecule has 0 aliphatic carbocycles. The maximum atomic E-state index is 10.3. The average Bonchev–Trinajstić information content (AvgIpc) is 1.58. The van der Waals surface area contributed by atoms with Crippen molar-refractivity contribution in [2.75, 3.05) is 0 Å². The highest BCUT2D eigenvalue weighted by Gasteiger charge is 2.66. The third kappa shape index (κ3) is 2.18. The molecule has 0 saturated carbocycles. The molecule has 0 aliphatic heterocycles. The molecule has 1 unspecified atom stereocenters. The highest BCUT2D eigenvalue weighted by Crippen LogP contribution is 2.71. The van der Waals surface area contributed by atoms with Crippen LogP contribution >= 0.6 is 15.5 Å². The molecule has 0 fully saturated rings. The normalized spacial score (nSPS) is 19.5. The van der Waals surface area contributed by atoms with E-state index in [-0.39, 0.29) is 0 Å². The quantitative estimate of drug-likeness (QED) is 0.305. The Labute approximate surface area is 62.7 Å². The van der Waals surface area contributed by atoms with Crippen molar-refractivity contribution in [3.63, 3.8) is 0 Å². The maximum absolute atomic E-state index is 10.3. The Kier molecular flexibility index (Phi) is 2.83. The van der Waals surface area contributed by atoms with Gasteiger partial charge in [-0.1, -0.05) is 0 Å². The van der Waals surface area contributed by atoms with E-state index in [9.17, 15) is 4.57 Å². The first-order chi connectivity index (χ1) is 4.50. The Morgan fingerprint density at radius 2 is 1.55 bits per heavy atom. The van der Waals surface area contributed by atoms with Crippen molar-refractivity contribution in [3.05, 3.63) is 0 Å². The Hall–Kier alpha value is 0.420. The molecule has 0 aromatic rings. The molecule has 0 aromatic carbocycles. The lowest BCUT2D eigenvalue weighted by molar-refractivity contribution is 0.131. The van der Waals surface area contributed by atoms with Gasteiger partial charge < -0.3 is 14.9 Å². The Balaban J connectivity index is 4.91. The fourth-order valence-corrected chi connectivity index (χ4v) is 1.57. The zero-order valence-electron chi connectivity index (χ0n) is 5.49. The molecule has 11 heavy (non-hydrogen) atoms. The monoisotopic (exact) mass is 207 g/mol. The summed E-state index contributed by atoms with van der Waals surface area (Å²) in [5.74, 6) is 0. The first kappa shape index (κ1) is 11.4. The van der Waals surface area contributed by atoms with E-state index in [1.165, 1.54) is 0 Å². The minimum Gasteiger partial charge on any atom is -0.341 e. The van der Waals surface area contributed by atoms with Crippen molar-refractivity contribution in [1.29, 1.82) is 0 Å². The molecule has 9 heteroatoms. The van der Waals surface area contributed by atoms with Crippen molar-refractivity contribution < 1.29 is 34.1 Å². The van der Waals surface area contributed by atoms with Gasteiger partial charge in [0.25, 0.3) is 0 Å². The third-order valence-corrected chi connectivity index (χ3v) is 4.95. The summed E-state index contributed by atoms with van der Waals surface area (Å²) in [4.78, 5) is 41.7. The van der Waals surface area contributed by atoms with E-state index in [1.807, 2.05) is 0 Å². The van der Waals surface area contributed by atoms with Gasteiger partial charge in [-0.3, -0.25) is 4.57 Å². The van der Waals surface area contributed by atoms with Gasteiger partial charge in [-0.25, -0.2) is 0 Å². The molecular weight excluding hydrogens is 198 g/mol. The molecule has 0 saturated heterocycles. The molecule has 0 rings (SSSR count). The SMILES string of the molecule is CC(O)(P(=O)(O)O)[P+](O)(O)O. The first-order valence-corrected chi connectivity index (χ1v) is 5.61. The van der Waals surface area contributed by atoms with E-state index < -0.39 is 20.6 Å². The van der Waals surface area contributed by atoms with Crippen molar-refractivity contribution in [2.45, 2.75) is 12.0 Å². The molecule has 0 amide bonds. The van der Waals surface area contributed by atoms with Crippen LogP contribution in [0.4, 0.5) is 0 Å². The highest BCUT2D eigenvalue weighted by atomic mass is 31.3. The maximum Gasteiger partial charge on any atom is 0.450 e. The number of hydrogen-bond acceptors (Lipinski definition) is 5. The van der Waals surface area contributed by atoms with Gasteiger partial charge in [0.2, 0.25) is 0 Å². The minimum absolute atomic E-state index is 0.446. The largest absolute Gasteiger partial charge is 0.450 e. The van der Waals surface area contributed by atoms with Gasteiger partial charge in [0, 0.05) is 6.92 Å². The van der Waals surface area contributed by atoms with Crippen LogP contribution in [-0.2, 0) is 4.57 Å². The van der Waals surface area contributed by atoms with Crippen LogP contribution in [0.15, 0.2) is 0 Å². The minimum atomic E-state index is -5.14.